The van der Waals surface area contributed by atoms with Crippen LogP contribution >= 0.6 is 11.3 Å². The SMILES string of the molecule is Cc1ccc(O)c(NC(=O)c2sc(Cc3ccc(F)cc3)nc2C)c1. The summed E-state index contributed by atoms with van der Waals surface area (Å²) in [7, 11) is 0. The van der Waals surface area contributed by atoms with Crippen LogP contribution in [0.25, 0.3) is 0 Å². The molecule has 0 fully saturated rings. The van der Waals surface area contributed by atoms with Crippen molar-refractivity contribution in [3.8, 4) is 5.75 Å². The number of aryl methyl sites for hydroxylation is 2. The van der Waals surface area contributed by atoms with Crippen LogP contribution in [0, 0.1) is 19.7 Å². The first-order chi connectivity index (χ1) is 11.9. The minimum atomic E-state index is -0.304. The molecule has 0 bridgehead atoms. The Bertz CT molecular complexity index is 920. The van der Waals surface area contributed by atoms with Gasteiger partial charge in [0.2, 0.25) is 0 Å². The molecule has 128 valence electrons. The largest absolute Gasteiger partial charge is 0.506 e. The number of thiazole rings is 1. The molecule has 0 spiro atoms. The highest BCUT2D eigenvalue weighted by atomic mass is 32.1. The van der Waals surface area contributed by atoms with Gasteiger partial charge in [0.05, 0.1) is 16.4 Å². The summed E-state index contributed by atoms with van der Waals surface area (Å²) in [6.45, 7) is 3.66. The molecule has 1 amide bonds. The van der Waals surface area contributed by atoms with Crippen molar-refractivity contribution in [3.05, 3.63) is 75.0 Å². The quantitative estimate of drug-likeness (QED) is 0.679. The zero-order valence-electron chi connectivity index (χ0n) is 13.8. The van der Waals surface area contributed by atoms with Gasteiger partial charge in [0.1, 0.15) is 16.4 Å². The summed E-state index contributed by atoms with van der Waals surface area (Å²) in [6, 6.07) is 11.2. The Kier molecular flexibility index (Phi) is 4.81. The molecule has 1 aromatic heterocycles. The van der Waals surface area contributed by atoms with E-state index in [1.807, 2.05) is 6.92 Å². The monoisotopic (exact) mass is 356 g/mol. The third-order valence-electron chi connectivity index (χ3n) is 3.72. The van der Waals surface area contributed by atoms with E-state index in [1.165, 1.54) is 23.5 Å². The lowest BCUT2D eigenvalue weighted by Crippen LogP contribution is -2.11. The minimum absolute atomic E-state index is 0.0210. The van der Waals surface area contributed by atoms with Crippen LogP contribution in [0.1, 0.15) is 31.5 Å². The van der Waals surface area contributed by atoms with Crippen molar-refractivity contribution >= 4 is 22.9 Å². The number of benzene rings is 2. The Morgan fingerprint density at radius 3 is 2.64 bits per heavy atom. The molecular weight excluding hydrogens is 339 g/mol. The summed E-state index contributed by atoms with van der Waals surface area (Å²) in [6.07, 6.45) is 0.536. The van der Waals surface area contributed by atoms with E-state index in [0.29, 0.717) is 22.7 Å². The molecule has 25 heavy (non-hydrogen) atoms. The van der Waals surface area contributed by atoms with Crippen molar-refractivity contribution in [1.82, 2.24) is 4.98 Å². The number of nitrogens with zero attached hydrogens (tertiary/aromatic N) is 1. The molecule has 0 saturated heterocycles. The van der Waals surface area contributed by atoms with Crippen LogP contribution in [0.5, 0.6) is 5.75 Å². The van der Waals surface area contributed by atoms with Crippen molar-refractivity contribution in [2.24, 2.45) is 0 Å². The Morgan fingerprint density at radius 1 is 1.20 bits per heavy atom. The molecule has 4 nitrogen and oxygen atoms in total. The van der Waals surface area contributed by atoms with Crippen molar-refractivity contribution < 1.29 is 14.3 Å². The highest BCUT2D eigenvalue weighted by Crippen LogP contribution is 2.27. The predicted octanol–water partition coefficient (Wildman–Crippen LogP) is 4.45. The fourth-order valence-electron chi connectivity index (χ4n) is 2.44. The number of hydrogen-bond acceptors (Lipinski definition) is 4. The number of hydrogen-bond donors (Lipinski definition) is 2. The second-order valence-corrected chi connectivity index (χ2v) is 6.88. The van der Waals surface area contributed by atoms with Gasteiger partial charge in [0.25, 0.3) is 5.91 Å². The van der Waals surface area contributed by atoms with E-state index < -0.39 is 0 Å². The molecule has 3 aromatic rings. The van der Waals surface area contributed by atoms with Gasteiger partial charge < -0.3 is 10.4 Å². The fourth-order valence-corrected chi connectivity index (χ4v) is 3.44. The highest BCUT2D eigenvalue weighted by molar-refractivity contribution is 7.14. The lowest BCUT2D eigenvalue weighted by Gasteiger charge is -2.07. The smallest absolute Gasteiger partial charge is 0.267 e. The lowest BCUT2D eigenvalue weighted by atomic mass is 10.1. The number of anilines is 1. The van der Waals surface area contributed by atoms with Crippen LogP contribution in [0.15, 0.2) is 42.5 Å². The maximum atomic E-state index is 13.0. The van der Waals surface area contributed by atoms with Gasteiger partial charge in [-0.25, -0.2) is 9.37 Å². The summed E-state index contributed by atoms with van der Waals surface area (Å²) in [5.74, 6) is -0.564. The fraction of sp³-hybridized carbons (Fsp3) is 0.158. The normalized spacial score (nSPS) is 10.7. The second kappa shape index (κ2) is 7.03. The van der Waals surface area contributed by atoms with Gasteiger partial charge in [-0.15, -0.1) is 11.3 Å². The van der Waals surface area contributed by atoms with E-state index in [9.17, 15) is 14.3 Å². The Labute approximate surface area is 149 Å². The summed E-state index contributed by atoms with van der Waals surface area (Å²) < 4.78 is 13.0. The first kappa shape index (κ1) is 17.1. The van der Waals surface area contributed by atoms with Crippen LogP contribution in [-0.2, 0) is 6.42 Å². The number of phenolic OH excluding ortho intramolecular Hbond substituents is 1. The van der Waals surface area contributed by atoms with Crippen molar-refractivity contribution in [2.45, 2.75) is 20.3 Å². The number of carbonyl (C=O) groups is 1. The second-order valence-electron chi connectivity index (χ2n) is 5.80. The summed E-state index contributed by atoms with van der Waals surface area (Å²) in [5.41, 5.74) is 2.87. The molecule has 2 aromatic carbocycles. The maximum absolute atomic E-state index is 13.0. The number of phenols is 1. The van der Waals surface area contributed by atoms with E-state index in [0.717, 1.165) is 16.1 Å². The van der Waals surface area contributed by atoms with Gasteiger partial charge in [0, 0.05) is 6.42 Å². The topological polar surface area (TPSA) is 62.2 Å². The Morgan fingerprint density at radius 2 is 1.92 bits per heavy atom. The first-order valence-corrected chi connectivity index (χ1v) is 8.56. The third-order valence-corrected chi connectivity index (χ3v) is 4.87. The van der Waals surface area contributed by atoms with Crippen LogP contribution in [0.2, 0.25) is 0 Å². The molecule has 0 aliphatic rings. The number of carbonyl (C=O) groups excluding carboxylic acids is 1. The third kappa shape index (κ3) is 4.03. The molecular formula is C19H17FN2O2S. The number of rotatable bonds is 4. The molecule has 0 saturated carbocycles. The molecule has 3 rings (SSSR count). The minimum Gasteiger partial charge on any atom is -0.506 e. The maximum Gasteiger partial charge on any atom is 0.267 e. The van der Waals surface area contributed by atoms with E-state index in [2.05, 4.69) is 10.3 Å². The van der Waals surface area contributed by atoms with Gasteiger partial charge in [0.15, 0.2) is 0 Å². The standard InChI is InChI=1S/C19H17FN2O2S/c1-11-3-8-16(23)15(9-11)22-19(24)18-12(2)21-17(25-18)10-13-4-6-14(20)7-5-13/h3-9,23H,10H2,1-2H3,(H,22,24). The Balaban J connectivity index is 1.78. The lowest BCUT2D eigenvalue weighted by molar-refractivity contribution is 0.102. The van der Waals surface area contributed by atoms with Gasteiger partial charge in [-0.3, -0.25) is 4.79 Å². The van der Waals surface area contributed by atoms with Crippen molar-refractivity contribution in [3.63, 3.8) is 0 Å². The summed E-state index contributed by atoms with van der Waals surface area (Å²) in [5, 5.41) is 13.4. The zero-order valence-corrected chi connectivity index (χ0v) is 14.7. The number of aromatic hydroxyl groups is 1. The molecule has 1 heterocycles. The average Bonchev–Trinajstić information content (AvgIpc) is 2.93. The molecule has 2 N–H and O–H groups in total. The number of nitrogens with one attached hydrogen (secondary N) is 1. The van der Waals surface area contributed by atoms with Crippen molar-refractivity contribution in [1.29, 1.82) is 0 Å². The van der Waals surface area contributed by atoms with Crippen molar-refractivity contribution in [2.75, 3.05) is 5.32 Å². The van der Waals surface area contributed by atoms with E-state index in [1.54, 1.807) is 37.3 Å². The van der Waals surface area contributed by atoms with E-state index >= 15 is 0 Å². The number of amides is 1. The average molecular weight is 356 g/mol. The molecule has 0 aliphatic carbocycles. The van der Waals surface area contributed by atoms with Crippen LogP contribution in [0.3, 0.4) is 0 Å². The van der Waals surface area contributed by atoms with Gasteiger partial charge in [-0.2, -0.15) is 0 Å². The number of halogens is 1. The molecule has 0 radical (unpaired) electrons. The van der Waals surface area contributed by atoms with Gasteiger partial charge in [-0.05, 0) is 49.2 Å². The molecule has 0 unspecified atom stereocenters. The Hall–Kier alpha value is -2.73. The first-order valence-electron chi connectivity index (χ1n) is 7.74. The predicted molar refractivity (Wildman–Crippen MR) is 96.9 cm³/mol. The summed E-state index contributed by atoms with van der Waals surface area (Å²) >= 11 is 1.30. The number of aromatic nitrogens is 1. The van der Waals surface area contributed by atoms with Gasteiger partial charge >= 0.3 is 0 Å². The molecule has 0 aliphatic heterocycles. The van der Waals surface area contributed by atoms with E-state index in [4.69, 9.17) is 0 Å². The summed E-state index contributed by atoms with van der Waals surface area (Å²) in [4.78, 5) is 17.4. The van der Waals surface area contributed by atoms with E-state index in [-0.39, 0.29) is 17.5 Å². The van der Waals surface area contributed by atoms with Crippen LogP contribution in [0.4, 0.5) is 10.1 Å². The van der Waals surface area contributed by atoms with Crippen LogP contribution < -0.4 is 5.32 Å². The molecule has 6 heteroatoms. The highest BCUT2D eigenvalue weighted by Gasteiger charge is 2.17. The zero-order chi connectivity index (χ0) is 18.0. The van der Waals surface area contributed by atoms with Crippen LogP contribution in [-0.4, -0.2) is 16.0 Å². The van der Waals surface area contributed by atoms with Gasteiger partial charge in [-0.1, -0.05) is 18.2 Å². The molecule has 0 atom stereocenters.